The van der Waals surface area contributed by atoms with Gasteiger partial charge in [0, 0.05) is 29.3 Å². The number of nitrogens with zero attached hydrogens (tertiary/aromatic N) is 1. The third-order valence-corrected chi connectivity index (χ3v) is 4.26. The van der Waals surface area contributed by atoms with Crippen LogP contribution in [0.1, 0.15) is 36.2 Å². The topological polar surface area (TPSA) is 84.3 Å². The van der Waals surface area contributed by atoms with Crippen LogP contribution >= 0.6 is 0 Å². The van der Waals surface area contributed by atoms with Gasteiger partial charge in [0.2, 0.25) is 0 Å². The Morgan fingerprint density at radius 1 is 1.43 bits per heavy atom. The van der Waals surface area contributed by atoms with Gasteiger partial charge in [-0.1, -0.05) is 13.0 Å². The minimum absolute atomic E-state index is 0.0227. The van der Waals surface area contributed by atoms with Gasteiger partial charge in [-0.3, -0.25) is 14.9 Å². The summed E-state index contributed by atoms with van der Waals surface area (Å²) in [6.07, 6.45) is 1.00. The largest absolute Gasteiger partial charge is 0.347 e. The maximum Gasteiger partial charge on any atom is 0.273 e. The lowest BCUT2D eigenvalue weighted by Gasteiger charge is -2.36. The van der Waals surface area contributed by atoms with E-state index in [-0.39, 0.29) is 23.7 Å². The monoisotopic (exact) mass is 291 g/mol. The minimum Gasteiger partial charge on any atom is -0.347 e. The van der Waals surface area contributed by atoms with Crippen LogP contribution in [0.3, 0.4) is 0 Å². The SMILES string of the molecule is Cc1c(C(=O)NC2C(C)CCNC2C)cccc1[N+](=O)[O-]. The van der Waals surface area contributed by atoms with Gasteiger partial charge in [-0.2, -0.15) is 0 Å². The zero-order chi connectivity index (χ0) is 15.6. The number of piperidine rings is 1. The normalized spacial score (nSPS) is 25.4. The molecule has 0 radical (unpaired) electrons. The number of carbonyl (C=O) groups is 1. The van der Waals surface area contributed by atoms with Crippen LogP contribution in [0.4, 0.5) is 5.69 Å². The molecule has 1 saturated heterocycles. The Bertz CT molecular complexity index is 549. The van der Waals surface area contributed by atoms with Crippen molar-refractivity contribution in [3.63, 3.8) is 0 Å². The first kappa shape index (κ1) is 15.4. The first-order valence-corrected chi connectivity index (χ1v) is 7.20. The molecular formula is C15H21N3O3. The molecule has 3 atom stereocenters. The number of benzene rings is 1. The fourth-order valence-corrected chi connectivity index (χ4v) is 2.90. The average Bonchev–Trinajstić information content (AvgIpc) is 2.42. The molecule has 2 rings (SSSR count). The van der Waals surface area contributed by atoms with Gasteiger partial charge in [-0.25, -0.2) is 0 Å². The molecule has 1 aromatic carbocycles. The van der Waals surface area contributed by atoms with Gasteiger partial charge in [0.25, 0.3) is 11.6 Å². The Labute approximate surface area is 124 Å². The lowest BCUT2D eigenvalue weighted by Crippen LogP contribution is -2.56. The third kappa shape index (κ3) is 3.21. The van der Waals surface area contributed by atoms with Crippen molar-refractivity contribution >= 4 is 11.6 Å². The number of nitro groups is 1. The fraction of sp³-hybridized carbons (Fsp3) is 0.533. The van der Waals surface area contributed by atoms with E-state index in [1.807, 2.05) is 6.92 Å². The summed E-state index contributed by atoms with van der Waals surface area (Å²) < 4.78 is 0. The summed E-state index contributed by atoms with van der Waals surface area (Å²) in [5.74, 6) is 0.132. The highest BCUT2D eigenvalue weighted by atomic mass is 16.6. The van der Waals surface area contributed by atoms with Gasteiger partial charge in [0.05, 0.1) is 4.92 Å². The van der Waals surface area contributed by atoms with E-state index in [1.54, 1.807) is 19.1 Å². The van der Waals surface area contributed by atoms with Crippen molar-refractivity contribution in [1.82, 2.24) is 10.6 Å². The smallest absolute Gasteiger partial charge is 0.273 e. The zero-order valence-corrected chi connectivity index (χ0v) is 12.6. The van der Waals surface area contributed by atoms with E-state index in [0.717, 1.165) is 13.0 Å². The van der Waals surface area contributed by atoms with Crippen molar-refractivity contribution in [2.45, 2.75) is 39.3 Å². The van der Waals surface area contributed by atoms with Crippen molar-refractivity contribution in [3.8, 4) is 0 Å². The Balaban J connectivity index is 2.21. The molecule has 0 bridgehead atoms. The van der Waals surface area contributed by atoms with E-state index in [4.69, 9.17) is 0 Å². The molecule has 21 heavy (non-hydrogen) atoms. The van der Waals surface area contributed by atoms with Crippen molar-refractivity contribution < 1.29 is 9.72 Å². The second kappa shape index (κ2) is 6.22. The second-order valence-corrected chi connectivity index (χ2v) is 5.71. The van der Waals surface area contributed by atoms with E-state index < -0.39 is 4.92 Å². The quantitative estimate of drug-likeness (QED) is 0.659. The van der Waals surface area contributed by atoms with Gasteiger partial charge in [-0.15, -0.1) is 0 Å². The van der Waals surface area contributed by atoms with Gasteiger partial charge < -0.3 is 10.6 Å². The van der Waals surface area contributed by atoms with Crippen LogP contribution in [-0.4, -0.2) is 29.5 Å². The molecule has 0 spiro atoms. The molecule has 3 unspecified atom stereocenters. The molecule has 114 valence electrons. The van der Waals surface area contributed by atoms with Crippen molar-refractivity contribution in [2.24, 2.45) is 5.92 Å². The Hall–Kier alpha value is -1.95. The van der Waals surface area contributed by atoms with E-state index in [0.29, 0.717) is 17.0 Å². The van der Waals surface area contributed by atoms with Crippen LogP contribution in [0.2, 0.25) is 0 Å². The van der Waals surface area contributed by atoms with E-state index >= 15 is 0 Å². The highest BCUT2D eigenvalue weighted by molar-refractivity contribution is 5.96. The van der Waals surface area contributed by atoms with Gasteiger partial charge in [-0.05, 0) is 38.8 Å². The number of hydrogen-bond donors (Lipinski definition) is 2. The Morgan fingerprint density at radius 2 is 2.14 bits per heavy atom. The Morgan fingerprint density at radius 3 is 2.76 bits per heavy atom. The highest BCUT2D eigenvalue weighted by Gasteiger charge is 2.29. The molecule has 0 saturated carbocycles. The molecule has 6 nitrogen and oxygen atoms in total. The zero-order valence-electron chi connectivity index (χ0n) is 12.6. The summed E-state index contributed by atoms with van der Waals surface area (Å²) in [5, 5.41) is 17.3. The van der Waals surface area contributed by atoms with Crippen LogP contribution in [0.25, 0.3) is 0 Å². The number of hydrogen-bond acceptors (Lipinski definition) is 4. The molecule has 2 N–H and O–H groups in total. The Kier molecular flexibility index (Phi) is 4.57. The predicted molar refractivity (Wildman–Crippen MR) is 80.3 cm³/mol. The summed E-state index contributed by atoms with van der Waals surface area (Å²) in [6, 6.07) is 4.82. The molecular weight excluding hydrogens is 270 g/mol. The number of carbonyl (C=O) groups excluding carboxylic acids is 1. The van der Waals surface area contributed by atoms with Crippen molar-refractivity contribution in [1.29, 1.82) is 0 Å². The highest BCUT2D eigenvalue weighted by Crippen LogP contribution is 2.22. The third-order valence-electron chi connectivity index (χ3n) is 4.26. The molecule has 1 aromatic rings. The average molecular weight is 291 g/mol. The number of nitro benzene ring substituents is 1. The van der Waals surface area contributed by atoms with Crippen molar-refractivity contribution in [2.75, 3.05) is 6.54 Å². The van der Waals surface area contributed by atoms with E-state index in [1.165, 1.54) is 6.07 Å². The van der Waals surface area contributed by atoms with E-state index in [2.05, 4.69) is 17.6 Å². The maximum absolute atomic E-state index is 12.4. The minimum atomic E-state index is -0.459. The molecule has 1 aliphatic heterocycles. The van der Waals surface area contributed by atoms with Gasteiger partial charge in [0.1, 0.15) is 0 Å². The van der Waals surface area contributed by atoms with Crippen molar-refractivity contribution in [3.05, 3.63) is 39.4 Å². The molecule has 1 heterocycles. The number of amides is 1. The predicted octanol–water partition coefficient (Wildman–Crippen LogP) is 2.02. The molecule has 0 aliphatic carbocycles. The van der Waals surface area contributed by atoms with E-state index in [9.17, 15) is 14.9 Å². The molecule has 1 fully saturated rings. The summed E-state index contributed by atoms with van der Waals surface area (Å²) in [6.45, 7) is 6.72. The first-order valence-electron chi connectivity index (χ1n) is 7.20. The standard InChI is InChI=1S/C15H21N3O3/c1-9-7-8-16-11(3)14(9)17-15(19)12-5-4-6-13(10(12)2)18(20)21/h4-6,9,11,14,16H,7-8H2,1-3H3,(H,17,19). The van der Waals surface area contributed by atoms with Gasteiger partial charge in [0.15, 0.2) is 0 Å². The van der Waals surface area contributed by atoms with Crippen LogP contribution in [0, 0.1) is 23.0 Å². The van der Waals surface area contributed by atoms with Crippen LogP contribution in [-0.2, 0) is 0 Å². The lowest BCUT2D eigenvalue weighted by atomic mass is 9.89. The number of nitrogens with one attached hydrogen (secondary N) is 2. The number of rotatable bonds is 3. The summed E-state index contributed by atoms with van der Waals surface area (Å²) in [4.78, 5) is 22.9. The summed E-state index contributed by atoms with van der Waals surface area (Å²) in [7, 11) is 0. The van der Waals surface area contributed by atoms with Crippen LogP contribution in [0.5, 0.6) is 0 Å². The summed E-state index contributed by atoms with van der Waals surface area (Å²) in [5.41, 5.74) is 0.753. The second-order valence-electron chi connectivity index (χ2n) is 5.71. The van der Waals surface area contributed by atoms with Crippen LogP contribution < -0.4 is 10.6 Å². The van der Waals surface area contributed by atoms with Gasteiger partial charge >= 0.3 is 0 Å². The maximum atomic E-state index is 12.4. The van der Waals surface area contributed by atoms with Crippen LogP contribution in [0.15, 0.2) is 18.2 Å². The molecule has 6 heteroatoms. The summed E-state index contributed by atoms with van der Waals surface area (Å²) >= 11 is 0. The molecule has 1 amide bonds. The molecule has 0 aromatic heterocycles. The molecule has 1 aliphatic rings. The fourth-order valence-electron chi connectivity index (χ4n) is 2.90. The lowest BCUT2D eigenvalue weighted by molar-refractivity contribution is -0.385. The first-order chi connectivity index (χ1) is 9.91.